The van der Waals surface area contributed by atoms with Crippen LogP contribution in [0.15, 0.2) is 48.5 Å². The highest BCUT2D eigenvalue weighted by atomic mass is 16.5. The van der Waals surface area contributed by atoms with Gasteiger partial charge in [-0.3, -0.25) is 4.79 Å². The van der Waals surface area contributed by atoms with Crippen LogP contribution in [0, 0.1) is 11.8 Å². The van der Waals surface area contributed by atoms with Crippen LogP contribution < -0.4 is 0 Å². The number of carbonyl (C=O) groups excluding carboxylic acids is 1. The molecule has 0 aliphatic carbocycles. The molecular formula is C24H31NO2. The molecule has 0 saturated carbocycles. The first kappa shape index (κ1) is 19.6. The molecule has 3 nitrogen and oxygen atoms in total. The number of nitrogens with zero attached hydrogens (tertiary/aromatic N) is 1. The fourth-order valence-corrected chi connectivity index (χ4v) is 4.16. The topological polar surface area (TPSA) is 29.5 Å². The maximum atomic E-state index is 12.9. The predicted molar refractivity (Wildman–Crippen MR) is 111 cm³/mol. The van der Waals surface area contributed by atoms with Gasteiger partial charge in [0.2, 0.25) is 0 Å². The molecule has 0 spiro atoms. The van der Waals surface area contributed by atoms with Crippen molar-refractivity contribution in [1.29, 1.82) is 0 Å². The van der Waals surface area contributed by atoms with Gasteiger partial charge in [0.15, 0.2) is 0 Å². The number of carbonyl (C=O) groups is 1. The molecule has 2 aromatic rings. The second-order valence-electron chi connectivity index (χ2n) is 7.65. The summed E-state index contributed by atoms with van der Waals surface area (Å²) in [6.45, 7) is 6.92. The molecule has 1 heterocycles. The van der Waals surface area contributed by atoms with Crippen LogP contribution in [0.5, 0.6) is 0 Å². The van der Waals surface area contributed by atoms with E-state index in [0.717, 1.165) is 44.5 Å². The smallest absolute Gasteiger partial charge is 0.253 e. The van der Waals surface area contributed by atoms with Crippen molar-refractivity contribution < 1.29 is 9.53 Å². The number of rotatable bonds is 6. The Kier molecular flexibility index (Phi) is 6.68. The molecule has 0 aromatic heterocycles. The highest BCUT2D eigenvalue weighted by Crippen LogP contribution is 2.27. The fourth-order valence-electron chi connectivity index (χ4n) is 4.16. The van der Waals surface area contributed by atoms with E-state index in [-0.39, 0.29) is 5.91 Å². The van der Waals surface area contributed by atoms with E-state index in [2.05, 4.69) is 50.2 Å². The Bertz CT molecular complexity index is 745. The molecule has 2 aromatic carbocycles. The van der Waals surface area contributed by atoms with E-state index >= 15 is 0 Å². The molecule has 0 radical (unpaired) electrons. The zero-order valence-electron chi connectivity index (χ0n) is 16.8. The third-order valence-corrected chi connectivity index (χ3v) is 5.90. The molecule has 3 rings (SSSR count). The Morgan fingerprint density at radius 3 is 2.41 bits per heavy atom. The van der Waals surface area contributed by atoms with Crippen LogP contribution >= 0.6 is 0 Å². The van der Waals surface area contributed by atoms with Gasteiger partial charge in [-0.25, -0.2) is 0 Å². The monoisotopic (exact) mass is 365 g/mol. The normalized spacial score (nSPS) is 16.3. The van der Waals surface area contributed by atoms with Gasteiger partial charge in [-0.05, 0) is 59.9 Å². The summed E-state index contributed by atoms with van der Waals surface area (Å²) in [5, 5.41) is 0. The number of ether oxygens (including phenoxy) is 1. The van der Waals surface area contributed by atoms with Gasteiger partial charge in [0.25, 0.3) is 5.91 Å². The van der Waals surface area contributed by atoms with Gasteiger partial charge in [-0.2, -0.15) is 0 Å². The summed E-state index contributed by atoms with van der Waals surface area (Å²) in [5.74, 6) is 1.37. The van der Waals surface area contributed by atoms with E-state index in [9.17, 15) is 4.79 Å². The molecule has 0 N–H and O–H groups in total. The van der Waals surface area contributed by atoms with Crippen LogP contribution in [-0.2, 0) is 11.2 Å². The molecule has 1 atom stereocenters. The van der Waals surface area contributed by atoms with E-state index in [0.29, 0.717) is 11.8 Å². The lowest BCUT2D eigenvalue weighted by Gasteiger charge is -2.34. The number of aryl methyl sites for hydroxylation is 1. The summed E-state index contributed by atoms with van der Waals surface area (Å²) >= 11 is 0. The van der Waals surface area contributed by atoms with Crippen molar-refractivity contribution in [2.75, 3.05) is 26.8 Å². The summed E-state index contributed by atoms with van der Waals surface area (Å²) in [5.41, 5.74) is 4.56. The minimum absolute atomic E-state index is 0.156. The van der Waals surface area contributed by atoms with Gasteiger partial charge in [0.05, 0.1) is 0 Å². The minimum Gasteiger partial charge on any atom is -0.384 e. The van der Waals surface area contributed by atoms with E-state index in [1.807, 2.05) is 17.0 Å². The van der Waals surface area contributed by atoms with Gasteiger partial charge in [0.1, 0.15) is 0 Å². The SMILES string of the molecule is CCc1ccccc1-c1ccc(C(=O)N2CCC([C@@H](C)COC)CC2)cc1. The number of hydrogen-bond acceptors (Lipinski definition) is 2. The molecule has 27 heavy (non-hydrogen) atoms. The van der Waals surface area contributed by atoms with Crippen LogP contribution in [-0.4, -0.2) is 37.6 Å². The molecule has 1 amide bonds. The second kappa shape index (κ2) is 9.18. The lowest BCUT2D eigenvalue weighted by atomic mass is 9.85. The Balaban J connectivity index is 1.65. The van der Waals surface area contributed by atoms with Gasteiger partial charge in [-0.1, -0.05) is 50.2 Å². The quantitative estimate of drug-likeness (QED) is 0.717. The van der Waals surface area contributed by atoms with E-state index < -0.39 is 0 Å². The largest absolute Gasteiger partial charge is 0.384 e. The molecule has 0 bridgehead atoms. The van der Waals surface area contributed by atoms with E-state index in [1.54, 1.807) is 7.11 Å². The molecule has 1 aliphatic rings. The zero-order chi connectivity index (χ0) is 19.2. The lowest BCUT2D eigenvalue weighted by Crippen LogP contribution is -2.40. The number of hydrogen-bond donors (Lipinski definition) is 0. The van der Waals surface area contributed by atoms with Crippen molar-refractivity contribution >= 4 is 5.91 Å². The van der Waals surface area contributed by atoms with Gasteiger partial charge in [0, 0.05) is 32.4 Å². The van der Waals surface area contributed by atoms with Crippen molar-refractivity contribution in [3.05, 3.63) is 59.7 Å². The number of methoxy groups -OCH3 is 1. The van der Waals surface area contributed by atoms with Crippen LogP contribution in [0.2, 0.25) is 0 Å². The highest BCUT2D eigenvalue weighted by Gasteiger charge is 2.26. The first-order valence-corrected chi connectivity index (χ1v) is 10.1. The van der Waals surface area contributed by atoms with Crippen LogP contribution in [0.1, 0.15) is 42.6 Å². The van der Waals surface area contributed by atoms with Gasteiger partial charge < -0.3 is 9.64 Å². The van der Waals surface area contributed by atoms with Gasteiger partial charge in [-0.15, -0.1) is 0 Å². The Labute approximate surface area is 163 Å². The molecular weight excluding hydrogens is 334 g/mol. The second-order valence-corrected chi connectivity index (χ2v) is 7.65. The average Bonchev–Trinajstić information content (AvgIpc) is 2.73. The molecule has 144 valence electrons. The van der Waals surface area contributed by atoms with Crippen LogP contribution in [0.4, 0.5) is 0 Å². The predicted octanol–water partition coefficient (Wildman–Crippen LogP) is 5.05. The molecule has 1 saturated heterocycles. The number of amides is 1. The average molecular weight is 366 g/mol. The Morgan fingerprint density at radius 1 is 1.11 bits per heavy atom. The standard InChI is InChI=1S/C24H31NO2/c1-4-19-7-5-6-8-23(19)21-9-11-22(12-10-21)24(26)25-15-13-20(14-16-25)18(2)17-27-3/h5-12,18,20H,4,13-17H2,1-3H3/t18-/m0/s1. The van der Waals surface area contributed by atoms with Crippen molar-refractivity contribution in [2.24, 2.45) is 11.8 Å². The van der Waals surface area contributed by atoms with E-state index in [1.165, 1.54) is 16.7 Å². The van der Waals surface area contributed by atoms with Crippen molar-refractivity contribution in [2.45, 2.75) is 33.1 Å². The summed E-state index contributed by atoms with van der Waals surface area (Å²) in [6.07, 6.45) is 3.14. The lowest BCUT2D eigenvalue weighted by molar-refractivity contribution is 0.0598. The first-order chi connectivity index (χ1) is 13.1. The summed E-state index contributed by atoms with van der Waals surface area (Å²) in [4.78, 5) is 14.9. The number of likely N-dealkylation sites (tertiary alicyclic amines) is 1. The van der Waals surface area contributed by atoms with Crippen molar-refractivity contribution in [3.8, 4) is 11.1 Å². The molecule has 3 heteroatoms. The van der Waals surface area contributed by atoms with Crippen molar-refractivity contribution in [1.82, 2.24) is 4.90 Å². The first-order valence-electron chi connectivity index (χ1n) is 10.1. The number of piperidine rings is 1. The Morgan fingerprint density at radius 2 is 1.78 bits per heavy atom. The summed E-state index contributed by atoms with van der Waals surface area (Å²) in [7, 11) is 1.76. The minimum atomic E-state index is 0.156. The molecule has 1 fully saturated rings. The van der Waals surface area contributed by atoms with Crippen molar-refractivity contribution in [3.63, 3.8) is 0 Å². The third-order valence-electron chi connectivity index (χ3n) is 5.90. The van der Waals surface area contributed by atoms with Crippen LogP contribution in [0.3, 0.4) is 0 Å². The maximum Gasteiger partial charge on any atom is 0.253 e. The van der Waals surface area contributed by atoms with Crippen LogP contribution in [0.25, 0.3) is 11.1 Å². The number of benzene rings is 2. The Hall–Kier alpha value is -2.13. The zero-order valence-corrected chi connectivity index (χ0v) is 16.8. The van der Waals surface area contributed by atoms with E-state index in [4.69, 9.17) is 4.74 Å². The summed E-state index contributed by atoms with van der Waals surface area (Å²) in [6, 6.07) is 16.6. The molecule has 1 aliphatic heterocycles. The third kappa shape index (κ3) is 4.59. The van der Waals surface area contributed by atoms with Gasteiger partial charge >= 0.3 is 0 Å². The fraction of sp³-hybridized carbons (Fsp3) is 0.458. The highest BCUT2D eigenvalue weighted by molar-refractivity contribution is 5.94. The summed E-state index contributed by atoms with van der Waals surface area (Å²) < 4.78 is 5.28. The molecule has 0 unspecified atom stereocenters. The maximum absolute atomic E-state index is 12.9.